The van der Waals surface area contributed by atoms with Crippen molar-refractivity contribution in [3.63, 3.8) is 0 Å². The molecular formula is C22H21N7O3. The summed E-state index contributed by atoms with van der Waals surface area (Å²) in [6.07, 6.45) is 2.81. The van der Waals surface area contributed by atoms with E-state index in [1.165, 1.54) is 4.57 Å². The van der Waals surface area contributed by atoms with E-state index in [1.54, 1.807) is 29.3 Å². The molecule has 10 nitrogen and oxygen atoms in total. The van der Waals surface area contributed by atoms with Crippen molar-refractivity contribution in [2.75, 3.05) is 5.73 Å². The number of hydrogen-bond acceptors (Lipinski definition) is 8. The summed E-state index contributed by atoms with van der Waals surface area (Å²) in [6, 6.07) is 11.2. The maximum Gasteiger partial charge on any atom is 0.419 e. The monoisotopic (exact) mass is 431 g/mol. The summed E-state index contributed by atoms with van der Waals surface area (Å²) in [5.74, 6) is 0.611. The van der Waals surface area contributed by atoms with Gasteiger partial charge in [0.15, 0.2) is 16.9 Å². The molecule has 5 rings (SSSR count). The molecular weight excluding hydrogens is 410 g/mol. The molecule has 10 heteroatoms. The maximum absolute atomic E-state index is 12.8. The van der Waals surface area contributed by atoms with Crippen molar-refractivity contribution in [1.82, 2.24) is 29.5 Å². The highest BCUT2D eigenvalue weighted by atomic mass is 16.6. The second-order valence-electron chi connectivity index (χ2n) is 8.35. The molecule has 0 unspecified atom stereocenters. The van der Waals surface area contributed by atoms with Crippen LogP contribution < -0.4 is 5.73 Å². The lowest BCUT2D eigenvalue weighted by Gasteiger charge is -2.20. The lowest BCUT2D eigenvalue weighted by atomic mass is 10.1. The van der Waals surface area contributed by atoms with Gasteiger partial charge in [-0.3, -0.25) is 4.57 Å². The highest BCUT2D eigenvalue weighted by Gasteiger charge is 2.22. The van der Waals surface area contributed by atoms with Gasteiger partial charge in [-0.25, -0.2) is 14.5 Å². The van der Waals surface area contributed by atoms with Gasteiger partial charge in [0.25, 0.3) is 0 Å². The molecule has 0 saturated heterocycles. The van der Waals surface area contributed by atoms with Crippen molar-refractivity contribution in [2.45, 2.75) is 32.9 Å². The van der Waals surface area contributed by atoms with E-state index in [9.17, 15) is 4.79 Å². The van der Waals surface area contributed by atoms with Gasteiger partial charge in [-0.05, 0) is 44.5 Å². The van der Waals surface area contributed by atoms with Gasteiger partial charge >= 0.3 is 6.09 Å². The van der Waals surface area contributed by atoms with Gasteiger partial charge in [0.05, 0.1) is 18.3 Å². The van der Waals surface area contributed by atoms with Gasteiger partial charge < -0.3 is 14.9 Å². The summed E-state index contributed by atoms with van der Waals surface area (Å²) in [6.45, 7) is 5.81. The zero-order chi connectivity index (χ0) is 22.5. The highest BCUT2D eigenvalue weighted by Crippen LogP contribution is 2.27. The van der Waals surface area contributed by atoms with Crippen LogP contribution in [-0.2, 0) is 11.3 Å². The fraction of sp³-hybridized carbons (Fsp3) is 0.227. The first-order valence-corrected chi connectivity index (χ1v) is 10.0. The molecule has 0 fully saturated rings. The zero-order valence-electron chi connectivity index (χ0n) is 17.8. The van der Waals surface area contributed by atoms with Crippen LogP contribution >= 0.6 is 0 Å². The number of nitrogens with zero attached hydrogens (tertiary/aromatic N) is 6. The summed E-state index contributed by atoms with van der Waals surface area (Å²) in [5, 5.41) is 9.43. The summed E-state index contributed by atoms with van der Waals surface area (Å²) < 4.78 is 14.2. The topological polar surface area (TPSA) is 127 Å². The number of hydrogen-bond donors (Lipinski definition) is 1. The Kier molecular flexibility index (Phi) is 4.43. The summed E-state index contributed by atoms with van der Waals surface area (Å²) >= 11 is 0. The van der Waals surface area contributed by atoms with E-state index in [0.717, 1.165) is 16.5 Å². The van der Waals surface area contributed by atoms with Crippen molar-refractivity contribution in [3.8, 4) is 11.5 Å². The first-order chi connectivity index (χ1) is 15.3. The number of carbonyl (C=O) groups is 1. The van der Waals surface area contributed by atoms with E-state index in [4.69, 9.17) is 14.9 Å². The average Bonchev–Trinajstić information content (AvgIpc) is 3.46. The van der Waals surface area contributed by atoms with E-state index in [-0.39, 0.29) is 5.95 Å². The highest BCUT2D eigenvalue weighted by molar-refractivity contribution is 5.92. The van der Waals surface area contributed by atoms with Gasteiger partial charge in [-0.15, -0.1) is 5.10 Å². The van der Waals surface area contributed by atoms with E-state index in [2.05, 4.69) is 20.3 Å². The quantitative estimate of drug-likeness (QED) is 0.456. The van der Waals surface area contributed by atoms with Crippen molar-refractivity contribution in [1.29, 1.82) is 0 Å². The number of fused-ring (bicyclic) bond motifs is 2. The smallest absolute Gasteiger partial charge is 0.419 e. The lowest BCUT2D eigenvalue weighted by Crippen LogP contribution is -2.27. The molecule has 4 heterocycles. The third-order valence-electron chi connectivity index (χ3n) is 4.84. The molecule has 0 saturated carbocycles. The van der Waals surface area contributed by atoms with Crippen LogP contribution in [0.25, 0.3) is 33.5 Å². The Morgan fingerprint density at radius 3 is 2.75 bits per heavy atom. The van der Waals surface area contributed by atoms with Crippen LogP contribution in [0.4, 0.5) is 10.7 Å². The molecule has 0 atom stereocenters. The van der Waals surface area contributed by atoms with Gasteiger partial charge in [-0.2, -0.15) is 4.98 Å². The summed E-state index contributed by atoms with van der Waals surface area (Å²) in [7, 11) is 0. The van der Waals surface area contributed by atoms with Crippen molar-refractivity contribution in [2.24, 2.45) is 0 Å². The molecule has 0 bridgehead atoms. The third-order valence-corrected chi connectivity index (χ3v) is 4.84. The minimum Gasteiger partial charge on any atom is -0.463 e. The number of furan rings is 1. The zero-order valence-corrected chi connectivity index (χ0v) is 17.8. The first-order valence-electron chi connectivity index (χ1n) is 10.0. The summed E-state index contributed by atoms with van der Waals surface area (Å²) in [5.41, 5.74) is 8.34. The Hall–Kier alpha value is -4.21. The molecule has 0 aliphatic carbocycles. The Bertz CT molecular complexity index is 1440. The second-order valence-corrected chi connectivity index (χ2v) is 8.35. The number of benzene rings is 1. The molecule has 2 N–H and O–H groups in total. The first kappa shape index (κ1) is 19.7. The SMILES string of the molecule is CC(C)(C)OC(=O)n1ccc2cccc(Cn3nnc4c(-c5ccco5)nc(N)nc43)c21. The van der Waals surface area contributed by atoms with Gasteiger partial charge in [0, 0.05) is 11.6 Å². The number of aromatic nitrogens is 6. The molecule has 4 aromatic heterocycles. The molecule has 0 aliphatic rings. The number of para-hydroxylation sites is 1. The number of nitrogens with two attached hydrogens (primary N) is 1. The second kappa shape index (κ2) is 7.19. The number of nitrogen functional groups attached to an aromatic ring is 1. The Balaban J connectivity index is 1.60. The molecule has 0 spiro atoms. The maximum atomic E-state index is 12.8. The number of carbonyl (C=O) groups excluding carboxylic acids is 1. The number of anilines is 1. The van der Waals surface area contributed by atoms with Crippen LogP contribution in [0.3, 0.4) is 0 Å². The fourth-order valence-electron chi connectivity index (χ4n) is 3.59. The Labute approximate surface area is 182 Å². The molecule has 1 aromatic carbocycles. The molecule has 5 aromatic rings. The fourth-order valence-corrected chi connectivity index (χ4v) is 3.59. The molecule has 0 radical (unpaired) electrons. The van der Waals surface area contributed by atoms with E-state index >= 15 is 0 Å². The number of ether oxygens (including phenoxy) is 1. The van der Waals surface area contributed by atoms with E-state index < -0.39 is 11.7 Å². The number of rotatable bonds is 3. The summed E-state index contributed by atoms with van der Waals surface area (Å²) in [4.78, 5) is 21.4. The van der Waals surface area contributed by atoms with E-state index in [0.29, 0.717) is 29.2 Å². The normalized spacial score (nSPS) is 12.0. The van der Waals surface area contributed by atoms with Crippen LogP contribution in [0.1, 0.15) is 26.3 Å². The third kappa shape index (κ3) is 3.45. The molecule has 162 valence electrons. The molecule has 32 heavy (non-hydrogen) atoms. The lowest BCUT2D eigenvalue weighted by molar-refractivity contribution is 0.0544. The molecule has 0 aliphatic heterocycles. The van der Waals surface area contributed by atoms with Crippen molar-refractivity contribution < 1.29 is 13.9 Å². The van der Waals surface area contributed by atoms with Crippen molar-refractivity contribution in [3.05, 3.63) is 54.4 Å². The predicted molar refractivity (Wildman–Crippen MR) is 118 cm³/mol. The van der Waals surface area contributed by atoms with Crippen molar-refractivity contribution >= 4 is 34.1 Å². The van der Waals surface area contributed by atoms with E-state index in [1.807, 2.05) is 45.0 Å². The molecule has 0 amide bonds. The van der Waals surface area contributed by atoms with Crippen LogP contribution in [0.5, 0.6) is 0 Å². The van der Waals surface area contributed by atoms with Crippen LogP contribution in [0, 0.1) is 0 Å². The minimum absolute atomic E-state index is 0.0859. The Morgan fingerprint density at radius 1 is 1.16 bits per heavy atom. The van der Waals surface area contributed by atoms with Crippen LogP contribution in [0.15, 0.2) is 53.3 Å². The largest absolute Gasteiger partial charge is 0.463 e. The minimum atomic E-state index is -0.610. The average molecular weight is 431 g/mol. The van der Waals surface area contributed by atoms with Gasteiger partial charge in [0.2, 0.25) is 5.95 Å². The predicted octanol–water partition coefficient (Wildman–Crippen LogP) is 3.85. The van der Waals surface area contributed by atoms with Gasteiger partial charge in [-0.1, -0.05) is 23.4 Å². The van der Waals surface area contributed by atoms with Gasteiger partial charge in [0.1, 0.15) is 11.3 Å². The van der Waals surface area contributed by atoms with Crippen LogP contribution in [-0.4, -0.2) is 41.2 Å². The standard InChI is InChI=1S/C22H21N7O3/c1-22(2,3)32-21(30)28-10-9-13-6-4-7-14(18(13)28)12-29-19-17(26-27-29)16(24-20(23)25-19)15-8-5-11-31-15/h4-11H,12H2,1-3H3,(H2,23,24,25). The Morgan fingerprint density at radius 2 is 2.00 bits per heavy atom. The van der Waals surface area contributed by atoms with Crippen LogP contribution in [0.2, 0.25) is 0 Å².